The van der Waals surface area contributed by atoms with Gasteiger partial charge in [0.05, 0.1) is 19.8 Å². The molecule has 0 bridgehead atoms. The largest absolute Gasteiger partial charge is 0.497 e. The molecule has 25 heavy (non-hydrogen) atoms. The summed E-state index contributed by atoms with van der Waals surface area (Å²) < 4.78 is 11.2. The molecule has 0 spiro atoms. The first-order valence-electron chi connectivity index (χ1n) is 10.2. The fraction of sp³-hybridized carbons (Fsp3) is 0.652. The molecule has 1 atom stereocenters. The van der Waals surface area contributed by atoms with E-state index < -0.39 is 0 Å². The van der Waals surface area contributed by atoms with Gasteiger partial charge in [-0.15, -0.1) is 6.58 Å². The molecule has 0 saturated heterocycles. The highest BCUT2D eigenvalue weighted by atomic mass is 16.5. The Morgan fingerprint density at radius 2 is 1.44 bits per heavy atom. The van der Waals surface area contributed by atoms with Crippen LogP contribution in [0.15, 0.2) is 36.9 Å². The van der Waals surface area contributed by atoms with Gasteiger partial charge >= 0.3 is 0 Å². The standard InChI is InChI=1S/C23H38O2/c1-4-6-7-8-9-10-11-12-13-14-15-22(5-2)25-20-21-16-18-23(24-3)19-17-21/h5,16-19,22H,2,4,6-15,20H2,1,3H3/t22-/m0/s1. The van der Waals surface area contributed by atoms with Crippen molar-refractivity contribution in [1.29, 1.82) is 0 Å². The Bertz CT molecular complexity index is 424. The highest BCUT2D eigenvalue weighted by Crippen LogP contribution is 2.16. The molecule has 0 aliphatic carbocycles. The quantitative estimate of drug-likeness (QED) is 0.235. The number of hydrogen-bond donors (Lipinski definition) is 0. The molecule has 0 aromatic heterocycles. The summed E-state index contributed by atoms with van der Waals surface area (Å²) in [5, 5.41) is 0. The summed E-state index contributed by atoms with van der Waals surface area (Å²) in [7, 11) is 1.69. The number of unbranched alkanes of at least 4 members (excludes halogenated alkanes) is 9. The minimum Gasteiger partial charge on any atom is -0.497 e. The zero-order valence-corrected chi connectivity index (χ0v) is 16.5. The van der Waals surface area contributed by atoms with E-state index in [9.17, 15) is 0 Å². The molecule has 0 radical (unpaired) electrons. The maximum Gasteiger partial charge on any atom is 0.118 e. The van der Waals surface area contributed by atoms with Gasteiger partial charge in [0, 0.05) is 0 Å². The summed E-state index contributed by atoms with van der Waals surface area (Å²) >= 11 is 0. The van der Waals surface area contributed by atoms with E-state index in [-0.39, 0.29) is 6.10 Å². The van der Waals surface area contributed by atoms with Gasteiger partial charge in [-0.1, -0.05) is 89.3 Å². The van der Waals surface area contributed by atoms with Gasteiger partial charge in [0.25, 0.3) is 0 Å². The van der Waals surface area contributed by atoms with Gasteiger partial charge in [0.2, 0.25) is 0 Å². The van der Waals surface area contributed by atoms with Crippen LogP contribution < -0.4 is 4.74 Å². The molecular formula is C23H38O2. The lowest BCUT2D eigenvalue weighted by Crippen LogP contribution is -2.09. The number of hydrogen-bond acceptors (Lipinski definition) is 2. The molecule has 1 aromatic carbocycles. The molecule has 1 aromatic rings. The lowest BCUT2D eigenvalue weighted by molar-refractivity contribution is 0.0649. The molecule has 0 aliphatic rings. The van der Waals surface area contributed by atoms with Crippen LogP contribution in [0.1, 0.15) is 83.1 Å². The molecular weight excluding hydrogens is 308 g/mol. The molecule has 142 valence electrons. The summed E-state index contributed by atoms with van der Waals surface area (Å²) in [4.78, 5) is 0. The van der Waals surface area contributed by atoms with E-state index in [1.165, 1.54) is 69.8 Å². The van der Waals surface area contributed by atoms with E-state index in [0.717, 1.165) is 12.2 Å². The summed E-state index contributed by atoms with van der Waals surface area (Å²) in [6.45, 7) is 6.83. The Balaban J connectivity index is 2.03. The number of benzene rings is 1. The molecule has 0 N–H and O–H groups in total. The van der Waals surface area contributed by atoms with Gasteiger partial charge in [-0.3, -0.25) is 0 Å². The molecule has 0 amide bonds. The lowest BCUT2D eigenvalue weighted by Gasteiger charge is -2.14. The van der Waals surface area contributed by atoms with Crippen molar-refractivity contribution < 1.29 is 9.47 Å². The van der Waals surface area contributed by atoms with Crippen molar-refractivity contribution in [3.05, 3.63) is 42.5 Å². The van der Waals surface area contributed by atoms with Crippen LogP contribution in [-0.2, 0) is 11.3 Å². The van der Waals surface area contributed by atoms with Gasteiger partial charge in [-0.2, -0.15) is 0 Å². The molecule has 2 heteroatoms. The Morgan fingerprint density at radius 3 is 1.96 bits per heavy atom. The second kappa shape index (κ2) is 15.0. The normalized spacial score (nSPS) is 12.1. The van der Waals surface area contributed by atoms with Crippen molar-refractivity contribution in [2.75, 3.05) is 7.11 Å². The predicted octanol–water partition coefficient (Wildman–Crippen LogP) is 7.08. The van der Waals surface area contributed by atoms with Crippen LogP contribution in [0.2, 0.25) is 0 Å². The number of ether oxygens (including phenoxy) is 2. The molecule has 0 saturated carbocycles. The monoisotopic (exact) mass is 346 g/mol. The van der Waals surface area contributed by atoms with Crippen molar-refractivity contribution in [2.45, 2.75) is 90.3 Å². The third kappa shape index (κ3) is 11.0. The van der Waals surface area contributed by atoms with E-state index in [0.29, 0.717) is 6.61 Å². The van der Waals surface area contributed by atoms with E-state index >= 15 is 0 Å². The fourth-order valence-corrected chi connectivity index (χ4v) is 3.03. The van der Waals surface area contributed by atoms with Crippen molar-refractivity contribution in [3.8, 4) is 5.75 Å². The summed E-state index contributed by atoms with van der Waals surface area (Å²) in [5.74, 6) is 0.884. The number of rotatable bonds is 16. The third-order valence-electron chi connectivity index (χ3n) is 4.73. The second-order valence-corrected chi connectivity index (χ2v) is 6.90. The van der Waals surface area contributed by atoms with Gasteiger partial charge < -0.3 is 9.47 Å². The van der Waals surface area contributed by atoms with Crippen LogP contribution >= 0.6 is 0 Å². The van der Waals surface area contributed by atoms with E-state index in [2.05, 4.69) is 25.6 Å². The highest BCUT2D eigenvalue weighted by molar-refractivity contribution is 5.26. The van der Waals surface area contributed by atoms with Crippen LogP contribution in [0.5, 0.6) is 5.75 Å². The molecule has 0 unspecified atom stereocenters. The smallest absolute Gasteiger partial charge is 0.118 e. The molecule has 1 rings (SSSR count). The first-order valence-corrected chi connectivity index (χ1v) is 10.2. The summed E-state index contributed by atoms with van der Waals surface area (Å²) in [6, 6.07) is 8.06. The Kier molecular flexibility index (Phi) is 13.1. The molecule has 2 nitrogen and oxygen atoms in total. The fourth-order valence-electron chi connectivity index (χ4n) is 3.03. The second-order valence-electron chi connectivity index (χ2n) is 6.90. The van der Waals surface area contributed by atoms with E-state index in [1.54, 1.807) is 7.11 Å². The van der Waals surface area contributed by atoms with Crippen molar-refractivity contribution >= 4 is 0 Å². The minimum atomic E-state index is 0.163. The van der Waals surface area contributed by atoms with Crippen molar-refractivity contribution in [1.82, 2.24) is 0 Å². The molecule has 0 heterocycles. The van der Waals surface area contributed by atoms with Gasteiger partial charge in [0.1, 0.15) is 5.75 Å². The Morgan fingerprint density at radius 1 is 0.880 bits per heavy atom. The van der Waals surface area contributed by atoms with Crippen LogP contribution in [0.25, 0.3) is 0 Å². The summed E-state index contributed by atoms with van der Waals surface area (Å²) in [6.07, 6.45) is 16.9. The van der Waals surface area contributed by atoms with Gasteiger partial charge in [-0.05, 0) is 24.1 Å². The van der Waals surface area contributed by atoms with Gasteiger partial charge in [0.15, 0.2) is 0 Å². The first-order chi connectivity index (χ1) is 12.3. The first kappa shape index (κ1) is 21.8. The number of methoxy groups -OCH3 is 1. The van der Waals surface area contributed by atoms with Crippen molar-refractivity contribution in [3.63, 3.8) is 0 Å². The topological polar surface area (TPSA) is 18.5 Å². The Labute approximate surface area is 155 Å². The predicted molar refractivity (Wildman–Crippen MR) is 108 cm³/mol. The molecule has 0 fully saturated rings. The SMILES string of the molecule is C=C[C@@H](CCCCCCCCCCCC)OCc1ccc(OC)cc1. The average Bonchev–Trinajstić information content (AvgIpc) is 2.66. The average molecular weight is 347 g/mol. The maximum absolute atomic E-state index is 5.97. The van der Waals surface area contributed by atoms with E-state index in [4.69, 9.17) is 9.47 Å². The van der Waals surface area contributed by atoms with E-state index in [1.807, 2.05) is 18.2 Å². The molecule has 0 aliphatic heterocycles. The van der Waals surface area contributed by atoms with Gasteiger partial charge in [-0.25, -0.2) is 0 Å². The lowest BCUT2D eigenvalue weighted by atomic mass is 10.0. The highest BCUT2D eigenvalue weighted by Gasteiger charge is 2.05. The zero-order valence-electron chi connectivity index (χ0n) is 16.5. The van der Waals surface area contributed by atoms with Crippen LogP contribution in [0.4, 0.5) is 0 Å². The zero-order chi connectivity index (χ0) is 18.2. The third-order valence-corrected chi connectivity index (χ3v) is 4.73. The van der Waals surface area contributed by atoms with Crippen LogP contribution in [0.3, 0.4) is 0 Å². The maximum atomic E-state index is 5.97. The van der Waals surface area contributed by atoms with Crippen LogP contribution in [0, 0.1) is 0 Å². The summed E-state index contributed by atoms with van der Waals surface area (Å²) in [5.41, 5.74) is 1.18. The minimum absolute atomic E-state index is 0.163. The van der Waals surface area contributed by atoms with Crippen molar-refractivity contribution in [2.24, 2.45) is 0 Å². The van der Waals surface area contributed by atoms with Crippen LogP contribution in [-0.4, -0.2) is 13.2 Å². The Hall–Kier alpha value is -1.28.